The van der Waals surface area contributed by atoms with E-state index < -0.39 is 74.1 Å². The quantitative estimate of drug-likeness (QED) is 0.0907. The van der Waals surface area contributed by atoms with E-state index >= 15 is 0 Å². The summed E-state index contributed by atoms with van der Waals surface area (Å²) in [4.78, 5) is 43.6. The summed E-state index contributed by atoms with van der Waals surface area (Å²) in [6.07, 6.45) is -1.65. The van der Waals surface area contributed by atoms with Gasteiger partial charge in [0, 0.05) is 0 Å². The summed E-state index contributed by atoms with van der Waals surface area (Å²) < 4.78 is 51.9. The van der Waals surface area contributed by atoms with E-state index in [2.05, 4.69) is 21.2 Å². The zero-order chi connectivity index (χ0) is 41.6. The van der Waals surface area contributed by atoms with Gasteiger partial charge >= 0.3 is 25.7 Å². The van der Waals surface area contributed by atoms with E-state index in [0.717, 1.165) is 18.4 Å². The second-order valence-electron chi connectivity index (χ2n) is 15.6. The number of nitrogens with zero attached hydrogens (tertiary/aromatic N) is 4. The molecule has 17 heteroatoms. The maximum absolute atomic E-state index is 14.7. The third kappa shape index (κ3) is 10.1. The highest BCUT2D eigenvalue weighted by Crippen LogP contribution is 2.49. The van der Waals surface area contributed by atoms with Gasteiger partial charge in [0.1, 0.15) is 35.8 Å². The Morgan fingerprint density at radius 2 is 1.62 bits per heavy atom. The van der Waals surface area contributed by atoms with Crippen LogP contribution in [0.5, 0.6) is 5.75 Å². The molecule has 0 radical (unpaired) electrons. The predicted octanol–water partition coefficient (Wildman–Crippen LogP) is 6.02. The molecule has 1 unspecified atom stereocenters. The van der Waals surface area contributed by atoms with Gasteiger partial charge in [0.25, 0.3) is 0 Å². The van der Waals surface area contributed by atoms with Crippen molar-refractivity contribution in [2.24, 2.45) is 17.8 Å². The SMILES string of the molecule is CCC(CC)COC(=O)[C@H](C)NP(=O)(OC[C@H]1O[C@@](C#N)(c2ccc3c(N)ncnn23)[C@H](OC(=O)C(C)C)[C@@H]1OC(=O)C(C)C)Oc1ccc(C(C)(C)C)cc1. The van der Waals surface area contributed by atoms with E-state index in [-0.39, 0.29) is 35.2 Å². The first-order chi connectivity index (χ1) is 26.3. The van der Waals surface area contributed by atoms with Gasteiger partial charge in [-0.25, -0.2) is 14.1 Å². The van der Waals surface area contributed by atoms with Crippen LogP contribution in [0.25, 0.3) is 5.52 Å². The minimum atomic E-state index is -4.52. The van der Waals surface area contributed by atoms with Crippen molar-refractivity contribution in [2.45, 2.75) is 117 Å². The Labute approximate surface area is 328 Å². The van der Waals surface area contributed by atoms with E-state index in [9.17, 15) is 24.2 Å². The van der Waals surface area contributed by atoms with Gasteiger partial charge in [0.15, 0.2) is 18.0 Å². The van der Waals surface area contributed by atoms with Crippen LogP contribution in [0.4, 0.5) is 5.82 Å². The van der Waals surface area contributed by atoms with Gasteiger partial charge in [-0.15, -0.1) is 0 Å². The monoisotopic (exact) mass is 798 g/mol. The second kappa shape index (κ2) is 18.1. The molecular weight excluding hydrogens is 743 g/mol. The molecule has 1 aliphatic rings. The summed E-state index contributed by atoms with van der Waals surface area (Å²) in [5, 5.41) is 17.9. The Morgan fingerprint density at radius 3 is 2.20 bits per heavy atom. The fourth-order valence-electron chi connectivity index (χ4n) is 5.89. The molecule has 1 saturated heterocycles. The topological polar surface area (TPSA) is 216 Å². The molecule has 3 N–H and O–H groups in total. The molecule has 0 spiro atoms. The average molecular weight is 799 g/mol. The number of nitrogens with two attached hydrogens (primary N) is 1. The van der Waals surface area contributed by atoms with Crippen molar-refractivity contribution >= 4 is 37.0 Å². The van der Waals surface area contributed by atoms with E-state index in [1.165, 1.54) is 23.8 Å². The van der Waals surface area contributed by atoms with Gasteiger partial charge < -0.3 is 29.2 Å². The van der Waals surface area contributed by atoms with E-state index in [4.69, 9.17) is 33.7 Å². The summed E-state index contributed by atoms with van der Waals surface area (Å²) in [6.45, 7) is 17.6. The Bertz CT molecular complexity index is 1930. The van der Waals surface area contributed by atoms with Crippen molar-refractivity contribution in [3.8, 4) is 11.8 Å². The highest BCUT2D eigenvalue weighted by molar-refractivity contribution is 7.52. The van der Waals surface area contributed by atoms with Crippen LogP contribution in [0.1, 0.15) is 93.3 Å². The number of nitrogens with one attached hydrogen (secondary N) is 1. The standard InChI is InChI=1S/C39H55N6O10P/c1-11-26(12-2)19-50-37(48)25(7)44-56(49,55-28-15-13-27(14-16-28)38(8,9)10)51-20-30-32(52-35(46)23(3)4)33(53-36(47)24(5)6)39(21-40,54-30)31-18-17-29-34(41)42-22-43-45(29)31/h13-18,22-26,30,32-33H,11-12,19-20H2,1-10H3,(H,44,49)(H2,41,42,43)/t25-,30+,32+,33+,39-,56?/m0/s1. The number of hydrogen-bond donors (Lipinski definition) is 2. The first-order valence-electron chi connectivity index (χ1n) is 18.9. The van der Waals surface area contributed by atoms with Crippen LogP contribution in [0, 0.1) is 29.1 Å². The average Bonchev–Trinajstić information content (AvgIpc) is 3.71. The molecule has 0 bridgehead atoms. The molecule has 0 amide bonds. The molecule has 3 aromatic rings. The number of esters is 3. The lowest BCUT2D eigenvalue weighted by Crippen LogP contribution is -2.47. The predicted molar refractivity (Wildman–Crippen MR) is 206 cm³/mol. The molecule has 3 heterocycles. The molecule has 1 aliphatic heterocycles. The van der Waals surface area contributed by atoms with Crippen LogP contribution in [0.15, 0.2) is 42.7 Å². The Hall–Kier alpha value is -4.55. The molecule has 1 fully saturated rings. The van der Waals surface area contributed by atoms with Gasteiger partial charge in [-0.2, -0.15) is 15.4 Å². The highest BCUT2D eigenvalue weighted by Gasteiger charge is 2.63. The van der Waals surface area contributed by atoms with Crippen LogP contribution in [0.2, 0.25) is 0 Å². The maximum atomic E-state index is 14.7. The largest absolute Gasteiger partial charge is 0.464 e. The van der Waals surface area contributed by atoms with Crippen LogP contribution in [-0.2, 0) is 53.4 Å². The third-order valence-electron chi connectivity index (χ3n) is 9.55. The number of benzene rings is 1. The zero-order valence-electron chi connectivity index (χ0n) is 33.8. The van der Waals surface area contributed by atoms with Gasteiger partial charge in [0.05, 0.1) is 30.7 Å². The number of nitriles is 1. The lowest BCUT2D eigenvalue weighted by Gasteiger charge is -2.29. The van der Waals surface area contributed by atoms with Gasteiger partial charge in [-0.3, -0.25) is 18.9 Å². The number of aromatic nitrogens is 3. The van der Waals surface area contributed by atoms with Crippen LogP contribution >= 0.6 is 7.75 Å². The smallest absolute Gasteiger partial charge is 0.459 e. The fraction of sp³-hybridized carbons (Fsp3) is 0.590. The molecule has 6 atom stereocenters. The molecule has 306 valence electrons. The molecule has 4 rings (SSSR count). The molecule has 0 aliphatic carbocycles. The highest BCUT2D eigenvalue weighted by atomic mass is 31.2. The summed E-state index contributed by atoms with van der Waals surface area (Å²) in [5.74, 6) is -2.98. The number of nitrogen functional groups attached to an aromatic ring is 1. The molecule has 1 aromatic carbocycles. The van der Waals surface area contributed by atoms with Crippen molar-refractivity contribution in [1.82, 2.24) is 19.7 Å². The van der Waals surface area contributed by atoms with Gasteiger partial charge in [-0.05, 0) is 48.1 Å². The minimum absolute atomic E-state index is 0.0871. The second-order valence-corrected chi connectivity index (χ2v) is 17.2. The first kappa shape index (κ1) is 44.2. The minimum Gasteiger partial charge on any atom is -0.464 e. The summed E-state index contributed by atoms with van der Waals surface area (Å²) in [7, 11) is -4.52. The number of hydrogen-bond acceptors (Lipinski definition) is 14. The zero-order valence-corrected chi connectivity index (χ0v) is 34.7. The Kier molecular flexibility index (Phi) is 14.3. The Morgan fingerprint density at radius 1 is 1.00 bits per heavy atom. The van der Waals surface area contributed by atoms with Crippen LogP contribution < -0.4 is 15.3 Å². The molecule has 16 nitrogen and oxygen atoms in total. The van der Waals surface area contributed by atoms with Crippen molar-refractivity contribution in [3.63, 3.8) is 0 Å². The molecular formula is C39H55N6O10P. The number of anilines is 1. The summed E-state index contributed by atoms with van der Waals surface area (Å²) in [5.41, 5.74) is 5.16. The third-order valence-corrected chi connectivity index (χ3v) is 11.2. The van der Waals surface area contributed by atoms with Crippen LogP contribution in [-0.4, -0.2) is 70.1 Å². The van der Waals surface area contributed by atoms with Gasteiger partial charge in [-0.1, -0.05) is 87.3 Å². The normalized spacial score (nSPS) is 21.5. The van der Waals surface area contributed by atoms with E-state index in [0.29, 0.717) is 5.52 Å². The number of carbonyl (C=O) groups excluding carboxylic acids is 3. The number of ether oxygens (including phenoxy) is 4. The number of rotatable bonds is 17. The maximum Gasteiger partial charge on any atom is 0.459 e. The van der Waals surface area contributed by atoms with Crippen LogP contribution in [0.3, 0.4) is 0 Å². The molecule has 56 heavy (non-hydrogen) atoms. The van der Waals surface area contributed by atoms with Gasteiger partial charge in [0.2, 0.25) is 5.60 Å². The van der Waals surface area contributed by atoms with Crippen molar-refractivity contribution in [2.75, 3.05) is 18.9 Å². The van der Waals surface area contributed by atoms with Crippen molar-refractivity contribution in [3.05, 3.63) is 54.0 Å². The Balaban J connectivity index is 1.77. The molecule has 0 saturated carbocycles. The van der Waals surface area contributed by atoms with E-state index in [1.807, 2.05) is 46.8 Å². The molecule has 2 aromatic heterocycles. The number of fused-ring (bicyclic) bond motifs is 1. The first-order valence-corrected chi connectivity index (χ1v) is 20.4. The lowest BCUT2D eigenvalue weighted by atomic mass is 9.87. The van der Waals surface area contributed by atoms with Crippen molar-refractivity contribution in [1.29, 1.82) is 5.26 Å². The number of carbonyl (C=O) groups is 3. The summed E-state index contributed by atoms with van der Waals surface area (Å²) in [6, 6.07) is 10.9. The fourth-order valence-corrected chi connectivity index (χ4v) is 7.39. The summed E-state index contributed by atoms with van der Waals surface area (Å²) >= 11 is 0. The van der Waals surface area contributed by atoms with E-state index in [1.54, 1.807) is 45.9 Å². The van der Waals surface area contributed by atoms with Crippen molar-refractivity contribution < 1.29 is 46.9 Å². The lowest BCUT2D eigenvalue weighted by molar-refractivity contribution is -0.173.